The summed E-state index contributed by atoms with van der Waals surface area (Å²) in [6, 6.07) is 2.64. The number of thiocarbonyl (C=S) groups is 1. The normalized spacial score (nSPS) is 11.7. The van der Waals surface area contributed by atoms with Crippen LogP contribution in [-0.2, 0) is 6.18 Å². The highest BCUT2D eigenvalue weighted by Crippen LogP contribution is 2.32. The van der Waals surface area contributed by atoms with E-state index in [9.17, 15) is 13.2 Å². The number of aromatic nitrogens is 1. The Morgan fingerprint density at radius 3 is 2.43 bits per heavy atom. The SMILES string of the molecule is C#C.C/C=C(\C=C/CBr)Oc1ccc(C(C)=S)c(C(F)(F)F)n1. The third-order valence-corrected chi connectivity index (χ3v) is 2.99. The molecule has 1 rings (SSSR count). The predicted molar refractivity (Wildman–Crippen MR) is 93.8 cm³/mol. The summed E-state index contributed by atoms with van der Waals surface area (Å²) >= 11 is 8.03. The third-order valence-electron chi connectivity index (χ3n) is 2.40. The van der Waals surface area contributed by atoms with Crippen LogP contribution in [0, 0.1) is 12.8 Å². The number of hydrogen-bond acceptors (Lipinski definition) is 3. The van der Waals surface area contributed by atoms with E-state index in [1.807, 2.05) is 0 Å². The summed E-state index contributed by atoms with van der Waals surface area (Å²) < 4.78 is 44.3. The molecule has 0 aliphatic carbocycles. The van der Waals surface area contributed by atoms with Gasteiger partial charge in [-0.15, -0.1) is 12.8 Å². The van der Waals surface area contributed by atoms with Crippen molar-refractivity contribution in [2.24, 2.45) is 0 Å². The Kier molecular flexibility index (Phi) is 9.46. The number of halogens is 4. The lowest BCUT2D eigenvalue weighted by molar-refractivity contribution is -0.141. The first-order chi connectivity index (χ1) is 10.8. The van der Waals surface area contributed by atoms with Gasteiger partial charge in [0.25, 0.3) is 0 Å². The maximum absolute atomic E-state index is 13.0. The minimum atomic E-state index is -4.59. The molecule has 0 spiro atoms. The molecular formula is C16H15BrF3NOS. The summed E-state index contributed by atoms with van der Waals surface area (Å²) in [5.74, 6) is 0.275. The average Bonchev–Trinajstić information content (AvgIpc) is 2.52. The number of ether oxygens (including phenoxy) is 1. The molecule has 0 unspecified atom stereocenters. The molecule has 0 aromatic carbocycles. The number of terminal acetylenes is 1. The summed E-state index contributed by atoms with van der Waals surface area (Å²) in [5, 5.41) is 0.609. The van der Waals surface area contributed by atoms with Crippen molar-refractivity contribution in [3.8, 4) is 18.7 Å². The number of rotatable bonds is 5. The quantitative estimate of drug-likeness (QED) is 0.165. The Morgan fingerprint density at radius 1 is 1.39 bits per heavy atom. The van der Waals surface area contributed by atoms with Gasteiger partial charge in [0.2, 0.25) is 5.88 Å². The third kappa shape index (κ3) is 6.97. The molecule has 2 nitrogen and oxygen atoms in total. The van der Waals surface area contributed by atoms with Crippen LogP contribution in [0.5, 0.6) is 5.88 Å². The van der Waals surface area contributed by atoms with Gasteiger partial charge in [0.15, 0.2) is 5.69 Å². The van der Waals surface area contributed by atoms with E-state index in [4.69, 9.17) is 17.0 Å². The zero-order valence-corrected chi connectivity index (χ0v) is 14.9. The fourth-order valence-corrected chi connectivity index (χ4v) is 1.82. The number of pyridine rings is 1. The smallest absolute Gasteiger partial charge is 0.434 e. The lowest BCUT2D eigenvalue weighted by Gasteiger charge is -2.13. The van der Waals surface area contributed by atoms with Gasteiger partial charge in [-0.25, -0.2) is 4.98 Å². The molecule has 0 saturated carbocycles. The summed E-state index contributed by atoms with van der Waals surface area (Å²) in [4.78, 5) is 3.67. The first-order valence-electron chi connectivity index (χ1n) is 6.28. The molecule has 1 aromatic rings. The second-order valence-corrected chi connectivity index (χ2v) is 5.21. The zero-order chi connectivity index (χ0) is 18.0. The minimum absolute atomic E-state index is 0.108. The van der Waals surface area contributed by atoms with Crippen LogP contribution in [0.15, 0.2) is 36.1 Å². The Balaban J connectivity index is 0.00000232. The lowest BCUT2D eigenvalue weighted by Crippen LogP contribution is -2.14. The summed E-state index contributed by atoms with van der Waals surface area (Å²) in [6.45, 7) is 3.15. The minimum Gasteiger partial charge on any atom is -0.439 e. The maximum atomic E-state index is 13.0. The van der Waals surface area contributed by atoms with Crippen LogP contribution >= 0.6 is 28.1 Å². The van der Waals surface area contributed by atoms with Crippen LogP contribution in [0.2, 0.25) is 0 Å². The van der Waals surface area contributed by atoms with Crippen molar-refractivity contribution < 1.29 is 17.9 Å². The first kappa shape index (κ1) is 21.4. The number of nitrogens with zero attached hydrogens (tertiary/aromatic N) is 1. The van der Waals surface area contributed by atoms with Gasteiger partial charge < -0.3 is 4.74 Å². The summed E-state index contributed by atoms with van der Waals surface area (Å²) in [6.07, 6.45) is 8.45. The molecule has 0 N–H and O–H groups in total. The second kappa shape index (κ2) is 10.2. The molecule has 0 bridgehead atoms. The van der Waals surface area contributed by atoms with Crippen LogP contribution in [0.25, 0.3) is 0 Å². The average molecular weight is 406 g/mol. The molecule has 0 aliphatic heterocycles. The van der Waals surface area contributed by atoms with Crippen LogP contribution in [-0.4, -0.2) is 15.2 Å². The van der Waals surface area contributed by atoms with Crippen molar-refractivity contribution >= 4 is 33.0 Å². The molecular weight excluding hydrogens is 391 g/mol. The molecule has 0 amide bonds. The largest absolute Gasteiger partial charge is 0.439 e. The number of hydrogen-bond donors (Lipinski definition) is 0. The fraction of sp³-hybridized carbons (Fsp3) is 0.250. The molecule has 0 saturated heterocycles. The van der Waals surface area contributed by atoms with Crippen molar-refractivity contribution in [2.75, 3.05) is 5.33 Å². The number of allylic oxidation sites excluding steroid dienone is 3. The topological polar surface area (TPSA) is 22.1 Å². The molecule has 1 heterocycles. The lowest BCUT2D eigenvalue weighted by atomic mass is 10.1. The highest BCUT2D eigenvalue weighted by Gasteiger charge is 2.36. The van der Waals surface area contributed by atoms with Gasteiger partial charge in [0, 0.05) is 21.8 Å². The van der Waals surface area contributed by atoms with E-state index >= 15 is 0 Å². The fourth-order valence-electron chi connectivity index (χ4n) is 1.47. The van der Waals surface area contributed by atoms with Crippen LogP contribution in [0.1, 0.15) is 25.1 Å². The van der Waals surface area contributed by atoms with E-state index in [0.29, 0.717) is 11.1 Å². The Morgan fingerprint density at radius 2 is 2.00 bits per heavy atom. The highest BCUT2D eigenvalue weighted by molar-refractivity contribution is 9.09. The molecule has 23 heavy (non-hydrogen) atoms. The van der Waals surface area contributed by atoms with Crippen LogP contribution < -0.4 is 4.74 Å². The van der Waals surface area contributed by atoms with Crippen molar-refractivity contribution in [3.05, 3.63) is 47.4 Å². The van der Waals surface area contributed by atoms with E-state index in [2.05, 4.69) is 33.8 Å². The number of alkyl halides is 4. The monoisotopic (exact) mass is 405 g/mol. The van der Waals surface area contributed by atoms with Gasteiger partial charge in [-0.3, -0.25) is 0 Å². The molecule has 1 aromatic heterocycles. The second-order valence-electron chi connectivity index (χ2n) is 3.95. The zero-order valence-electron chi connectivity index (χ0n) is 12.5. The Bertz CT molecular complexity index is 621. The van der Waals surface area contributed by atoms with E-state index in [-0.39, 0.29) is 16.3 Å². The van der Waals surface area contributed by atoms with E-state index in [1.54, 1.807) is 25.2 Å². The molecule has 7 heteroatoms. The van der Waals surface area contributed by atoms with Crippen LogP contribution in [0.3, 0.4) is 0 Å². The van der Waals surface area contributed by atoms with E-state index in [0.717, 1.165) is 0 Å². The maximum Gasteiger partial charge on any atom is 0.434 e. The molecule has 124 valence electrons. The van der Waals surface area contributed by atoms with Crippen molar-refractivity contribution in [2.45, 2.75) is 20.0 Å². The van der Waals surface area contributed by atoms with Gasteiger partial charge in [-0.05, 0) is 32.1 Å². The van der Waals surface area contributed by atoms with E-state index < -0.39 is 11.9 Å². The first-order valence-corrected chi connectivity index (χ1v) is 7.81. The van der Waals surface area contributed by atoms with Crippen molar-refractivity contribution in [1.29, 1.82) is 0 Å². The van der Waals surface area contributed by atoms with Gasteiger partial charge >= 0.3 is 6.18 Å². The standard InChI is InChI=1S/C14H13BrF3NOS.C2H2/c1-3-10(5-4-8-15)20-12-7-6-11(9(2)21)13(19-12)14(16,17)18;1-2/h3-7H,8H2,1-2H3;1-2H/b5-4-,10-3+;. The molecule has 0 aliphatic rings. The van der Waals surface area contributed by atoms with Crippen LogP contribution in [0.4, 0.5) is 13.2 Å². The van der Waals surface area contributed by atoms with E-state index in [1.165, 1.54) is 19.1 Å². The highest BCUT2D eigenvalue weighted by atomic mass is 79.9. The molecule has 0 radical (unpaired) electrons. The van der Waals surface area contributed by atoms with Crippen molar-refractivity contribution in [1.82, 2.24) is 4.98 Å². The summed E-state index contributed by atoms with van der Waals surface area (Å²) in [7, 11) is 0. The summed E-state index contributed by atoms with van der Waals surface area (Å²) in [5.41, 5.74) is -1.14. The Labute approximate surface area is 147 Å². The van der Waals surface area contributed by atoms with Crippen molar-refractivity contribution in [3.63, 3.8) is 0 Å². The Hall–Kier alpha value is -1.65. The van der Waals surface area contributed by atoms with Gasteiger partial charge in [0.1, 0.15) is 5.76 Å². The van der Waals surface area contributed by atoms with Gasteiger partial charge in [-0.2, -0.15) is 13.2 Å². The van der Waals surface area contributed by atoms with Gasteiger partial charge in [0.05, 0.1) is 0 Å². The van der Waals surface area contributed by atoms with Gasteiger partial charge in [-0.1, -0.05) is 34.2 Å². The predicted octanol–water partition coefficient (Wildman–Crippen LogP) is 5.32. The molecule has 0 fully saturated rings. The molecule has 0 atom stereocenters.